The van der Waals surface area contributed by atoms with Crippen LogP contribution in [0.5, 0.6) is 0 Å². The Morgan fingerprint density at radius 2 is 1.16 bits per heavy atom. The van der Waals surface area contributed by atoms with Gasteiger partial charge in [0.25, 0.3) is 0 Å². The zero-order valence-electron chi connectivity index (χ0n) is 29.2. The average molecular weight is 934 g/mol. The van der Waals surface area contributed by atoms with Gasteiger partial charge in [0.2, 0.25) is 0 Å². The third kappa shape index (κ3) is 8.03. The van der Waals surface area contributed by atoms with E-state index in [0.717, 1.165) is 52.5 Å². The molecule has 2 heterocycles. The second-order valence-electron chi connectivity index (χ2n) is 13.1. The highest BCUT2D eigenvalue weighted by Crippen LogP contribution is 2.55. The summed E-state index contributed by atoms with van der Waals surface area (Å²) in [5.74, 6) is -0.226. The highest BCUT2D eigenvalue weighted by molar-refractivity contribution is 9.11. The summed E-state index contributed by atoms with van der Waals surface area (Å²) < 4.78 is 16.8. The van der Waals surface area contributed by atoms with Crippen molar-refractivity contribution >= 4 is 97.6 Å². The molecule has 4 aromatic carbocycles. The van der Waals surface area contributed by atoms with E-state index in [9.17, 15) is 9.59 Å². The number of hydrogen-bond donors (Lipinski definition) is 0. The van der Waals surface area contributed by atoms with Gasteiger partial charge in [-0.15, -0.1) is 0 Å². The second-order valence-corrected chi connectivity index (χ2v) is 16.8. The number of esters is 1. The predicted octanol–water partition coefficient (Wildman–Crippen LogP) is 12.4. The van der Waals surface area contributed by atoms with Crippen molar-refractivity contribution in [2.75, 3.05) is 19.7 Å². The number of carbonyl (C=O) groups is 2. The first-order chi connectivity index (χ1) is 23.8. The van der Waals surface area contributed by atoms with Crippen molar-refractivity contribution in [3.05, 3.63) is 102 Å². The van der Waals surface area contributed by atoms with Crippen molar-refractivity contribution in [3.8, 4) is 11.1 Å². The molecule has 1 aromatic heterocycles. The number of benzene rings is 4. The molecule has 1 fully saturated rings. The van der Waals surface area contributed by atoms with Crippen LogP contribution in [-0.2, 0) is 26.2 Å². The van der Waals surface area contributed by atoms with Gasteiger partial charge in [0, 0.05) is 47.2 Å². The van der Waals surface area contributed by atoms with Crippen molar-refractivity contribution < 1.29 is 19.1 Å². The number of hydrogen-bond acceptors (Lipinski definition) is 4. The van der Waals surface area contributed by atoms with E-state index < -0.39 is 5.60 Å². The molecule has 5 aromatic rings. The minimum Gasteiger partial charge on any atom is -0.465 e. The fourth-order valence-electron chi connectivity index (χ4n) is 6.92. The van der Waals surface area contributed by atoms with Crippen molar-refractivity contribution in [1.82, 2.24) is 9.47 Å². The molecule has 0 bridgehead atoms. The summed E-state index contributed by atoms with van der Waals surface area (Å²) >= 11 is 14.3. The summed E-state index contributed by atoms with van der Waals surface area (Å²) in [7, 11) is 0. The number of likely N-dealkylation sites (tertiary alicyclic amines) is 1. The van der Waals surface area contributed by atoms with Gasteiger partial charge in [0.1, 0.15) is 12.1 Å². The third-order valence-electron chi connectivity index (χ3n) is 8.94. The minimum absolute atomic E-state index is 0.0449. The Morgan fingerprint density at radius 3 is 1.60 bits per heavy atom. The number of carbonyl (C=O) groups excluding carboxylic acids is 2. The first-order valence-corrected chi connectivity index (χ1v) is 20.1. The van der Waals surface area contributed by atoms with Gasteiger partial charge >= 0.3 is 12.1 Å². The summed E-state index contributed by atoms with van der Waals surface area (Å²) in [6.45, 7) is 13.6. The van der Waals surface area contributed by atoms with Crippen LogP contribution >= 0.6 is 63.7 Å². The van der Waals surface area contributed by atoms with E-state index >= 15 is 0 Å². The maximum Gasteiger partial charge on any atom is 0.410 e. The summed E-state index contributed by atoms with van der Waals surface area (Å²) in [5.41, 5.74) is 6.89. The molecule has 0 N–H and O–H groups in total. The number of ether oxygens (including phenoxy) is 2. The number of amides is 1. The smallest absolute Gasteiger partial charge is 0.410 e. The average Bonchev–Trinajstić information content (AvgIpc) is 3.49. The normalized spacial score (nSPS) is 14.3. The Balaban J connectivity index is 0.000000191. The first-order valence-electron chi connectivity index (χ1n) is 16.9. The predicted molar refractivity (Wildman–Crippen MR) is 218 cm³/mol. The molecular weight excluding hydrogens is 892 g/mol. The topological polar surface area (TPSA) is 60.8 Å². The molecule has 1 aliphatic heterocycles. The molecule has 0 unspecified atom stereocenters. The largest absolute Gasteiger partial charge is 0.465 e. The molecule has 7 rings (SSSR count). The molecule has 10 heteroatoms. The standard InChI is InChI=1S/C22H23Br2NO2.C16H13Br2NO2.C2H6/c1-21(2,3)27-20(26)25-10-8-22(9-11-25)18-12-14(23)4-6-16(18)17-7-5-15(24)13-19(17)22;1-2-21-16(20)9-19-14-7-10(17)3-5-12(14)13-6-4-11(18)8-15(13)19;1-2/h4-7,12-13H,8-11H2,1-3H3;3-8H,2,9H2,1H3;1-2H3. The van der Waals surface area contributed by atoms with Crippen LogP contribution in [-0.4, -0.2) is 46.8 Å². The van der Waals surface area contributed by atoms with Gasteiger partial charge in [-0.05, 0) is 111 Å². The zero-order valence-corrected chi connectivity index (χ0v) is 35.6. The Hall–Kier alpha value is -2.66. The van der Waals surface area contributed by atoms with Crippen molar-refractivity contribution in [3.63, 3.8) is 0 Å². The van der Waals surface area contributed by atoms with E-state index in [-0.39, 0.29) is 24.0 Å². The van der Waals surface area contributed by atoms with E-state index in [0.29, 0.717) is 19.7 Å². The number of aromatic nitrogens is 1. The quantitative estimate of drug-likeness (QED) is 0.169. The van der Waals surface area contributed by atoms with Gasteiger partial charge in [-0.1, -0.05) is 102 Å². The van der Waals surface area contributed by atoms with Gasteiger partial charge in [-0.25, -0.2) is 4.79 Å². The molecule has 1 amide bonds. The molecule has 2 aliphatic rings. The summed E-state index contributed by atoms with van der Waals surface area (Å²) in [5, 5.41) is 2.26. The Labute approximate surface area is 328 Å². The van der Waals surface area contributed by atoms with Crippen LogP contribution in [0.3, 0.4) is 0 Å². The lowest BCUT2D eigenvalue weighted by molar-refractivity contribution is -0.143. The third-order valence-corrected chi connectivity index (χ3v) is 10.9. The van der Waals surface area contributed by atoms with Crippen LogP contribution in [0.4, 0.5) is 4.79 Å². The minimum atomic E-state index is -0.464. The molecule has 0 radical (unpaired) electrons. The van der Waals surface area contributed by atoms with Crippen LogP contribution in [0.15, 0.2) is 90.7 Å². The monoisotopic (exact) mass is 930 g/mol. The SMILES string of the molecule is CC.CC(C)(C)OC(=O)N1CCC2(CC1)c1cc(Br)ccc1-c1ccc(Br)cc12.CCOC(=O)Cn1c2cc(Br)ccc2c2ccc(Br)cc21. The number of halogens is 4. The first kappa shape index (κ1) is 38.6. The fourth-order valence-corrected chi connectivity index (χ4v) is 8.34. The van der Waals surface area contributed by atoms with Crippen LogP contribution in [0.25, 0.3) is 32.9 Å². The van der Waals surface area contributed by atoms with Gasteiger partial charge in [0.05, 0.1) is 17.6 Å². The highest BCUT2D eigenvalue weighted by atomic mass is 79.9. The maximum absolute atomic E-state index is 12.5. The van der Waals surface area contributed by atoms with Gasteiger partial charge in [0.15, 0.2) is 0 Å². The molecular formula is C40H42Br4N2O4. The van der Waals surface area contributed by atoms with Gasteiger partial charge < -0.3 is 18.9 Å². The molecule has 1 spiro atoms. The Morgan fingerprint density at radius 1 is 0.720 bits per heavy atom. The lowest BCUT2D eigenvalue weighted by Gasteiger charge is -2.41. The van der Waals surface area contributed by atoms with Crippen LogP contribution in [0.2, 0.25) is 0 Å². The van der Waals surface area contributed by atoms with E-state index in [4.69, 9.17) is 9.47 Å². The summed E-state index contributed by atoms with van der Waals surface area (Å²) in [4.78, 5) is 26.3. The van der Waals surface area contributed by atoms with Crippen LogP contribution in [0.1, 0.15) is 65.5 Å². The van der Waals surface area contributed by atoms with E-state index in [2.05, 4.69) is 112 Å². The molecule has 6 nitrogen and oxygen atoms in total. The fraction of sp³-hybridized carbons (Fsp3) is 0.350. The van der Waals surface area contributed by atoms with E-state index in [1.165, 1.54) is 22.3 Å². The lowest BCUT2D eigenvalue weighted by Crippen LogP contribution is -2.46. The van der Waals surface area contributed by atoms with Crippen molar-refractivity contribution in [2.24, 2.45) is 0 Å². The van der Waals surface area contributed by atoms with Crippen molar-refractivity contribution in [1.29, 1.82) is 0 Å². The highest BCUT2D eigenvalue weighted by Gasteiger charge is 2.46. The molecule has 0 atom stereocenters. The van der Waals surface area contributed by atoms with Gasteiger partial charge in [-0.3, -0.25) is 4.79 Å². The maximum atomic E-state index is 12.5. The number of fused-ring (bicyclic) bond motifs is 8. The number of piperidine rings is 1. The lowest BCUT2D eigenvalue weighted by atomic mass is 9.71. The van der Waals surface area contributed by atoms with Crippen molar-refractivity contribution in [2.45, 2.75) is 71.9 Å². The molecule has 0 saturated carbocycles. The molecule has 50 heavy (non-hydrogen) atoms. The molecule has 1 saturated heterocycles. The molecule has 1 aliphatic carbocycles. The van der Waals surface area contributed by atoms with E-state index in [1.807, 2.05) is 75.3 Å². The second kappa shape index (κ2) is 15.9. The Bertz CT molecular complexity index is 1930. The van der Waals surface area contributed by atoms with Crippen LogP contribution in [0, 0.1) is 0 Å². The van der Waals surface area contributed by atoms with Crippen LogP contribution < -0.4 is 0 Å². The molecule has 264 valence electrons. The summed E-state index contributed by atoms with van der Waals surface area (Å²) in [6.07, 6.45) is 1.59. The number of rotatable bonds is 3. The number of nitrogens with zero attached hydrogens (tertiary/aromatic N) is 2. The van der Waals surface area contributed by atoms with E-state index in [1.54, 1.807) is 0 Å². The van der Waals surface area contributed by atoms with Gasteiger partial charge in [-0.2, -0.15) is 0 Å². The Kier molecular flexibility index (Phi) is 12.3. The zero-order chi connectivity index (χ0) is 36.4. The summed E-state index contributed by atoms with van der Waals surface area (Å²) in [6, 6.07) is 25.4.